The number of nitrogens with zero attached hydrogens (tertiary/aromatic N) is 2. The molecule has 0 aromatic carbocycles. The molecule has 1 aromatic heterocycles. The van der Waals surface area contributed by atoms with E-state index in [2.05, 4.69) is 42.0 Å². The molecule has 1 N–H and O–H groups in total. The van der Waals surface area contributed by atoms with E-state index in [4.69, 9.17) is 0 Å². The Morgan fingerprint density at radius 2 is 2.18 bits per heavy atom. The van der Waals surface area contributed by atoms with Crippen molar-refractivity contribution in [2.75, 3.05) is 18.0 Å². The van der Waals surface area contributed by atoms with Gasteiger partial charge in [-0.2, -0.15) is 0 Å². The van der Waals surface area contributed by atoms with E-state index in [1.807, 2.05) is 6.20 Å². The third kappa shape index (κ3) is 2.97. The van der Waals surface area contributed by atoms with Gasteiger partial charge in [0.25, 0.3) is 0 Å². The van der Waals surface area contributed by atoms with Crippen LogP contribution in [0.4, 0.5) is 5.82 Å². The first-order valence-corrected chi connectivity index (χ1v) is 6.69. The topological polar surface area (TPSA) is 28.2 Å². The zero-order chi connectivity index (χ0) is 12.3. The van der Waals surface area contributed by atoms with Crippen LogP contribution in [0.3, 0.4) is 0 Å². The summed E-state index contributed by atoms with van der Waals surface area (Å²) in [6.07, 6.45) is 4.66. The van der Waals surface area contributed by atoms with Gasteiger partial charge in [-0.1, -0.05) is 6.92 Å². The van der Waals surface area contributed by atoms with E-state index >= 15 is 0 Å². The van der Waals surface area contributed by atoms with Crippen molar-refractivity contribution in [2.45, 2.75) is 46.2 Å². The van der Waals surface area contributed by atoms with Crippen molar-refractivity contribution in [3.05, 3.63) is 23.4 Å². The molecule has 1 aliphatic rings. The molecule has 0 aliphatic heterocycles. The van der Waals surface area contributed by atoms with Gasteiger partial charge in [0.2, 0.25) is 0 Å². The van der Waals surface area contributed by atoms with Crippen molar-refractivity contribution < 1.29 is 0 Å². The van der Waals surface area contributed by atoms with Crippen LogP contribution in [-0.4, -0.2) is 24.1 Å². The summed E-state index contributed by atoms with van der Waals surface area (Å²) < 4.78 is 0. The highest BCUT2D eigenvalue weighted by Crippen LogP contribution is 2.31. The van der Waals surface area contributed by atoms with Gasteiger partial charge in [-0.3, -0.25) is 0 Å². The zero-order valence-corrected chi connectivity index (χ0v) is 11.2. The summed E-state index contributed by atoms with van der Waals surface area (Å²) in [5.74, 6) is 1.18. The average Bonchev–Trinajstić information content (AvgIpc) is 3.14. The van der Waals surface area contributed by atoms with Crippen molar-refractivity contribution >= 4 is 5.82 Å². The van der Waals surface area contributed by atoms with Gasteiger partial charge in [-0.15, -0.1) is 0 Å². The Kier molecular flexibility index (Phi) is 4.00. The van der Waals surface area contributed by atoms with Crippen LogP contribution < -0.4 is 10.2 Å². The molecule has 0 spiro atoms. The summed E-state index contributed by atoms with van der Waals surface area (Å²) in [6, 6.07) is 3.00. The van der Waals surface area contributed by atoms with E-state index in [0.29, 0.717) is 0 Å². The standard InChI is InChI=1S/C14H23N3/c1-4-15-9-12-8-11(3)14(16-10-12)17(5-2)13-6-7-13/h8,10,13,15H,4-7,9H2,1-3H3. The molecule has 94 valence electrons. The van der Waals surface area contributed by atoms with Crippen molar-refractivity contribution in [1.82, 2.24) is 10.3 Å². The number of rotatable bonds is 6. The van der Waals surface area contributed by atoms with E-state index in [1.54, 1.807) is 0 Å². The van der Waals surface area contributed by atoms with Crippen LogP contribution in [0.1, 0.15) is 37.8 Å². The number of pyridine rings is 1. The predicted octanol–water partition coefficient (Wildman–Crippen LogP) is 2.49. The number of anilines is 1. The summed E-state index contributed by atoms with van der Waals surface area (Å²) >= 11 is 0. The Labute approximate surface area is 104 Å². The van der Waals surface area contributed by atoms with E-state index in [1.165, 1.54) is 29.8 Å². The van der Waals surface area contributed by atoms with E-state index < -0.39 is 0 Å². The average molecular weight is 233 g/mol. The Bertz CT molecular complexity index is 372. The third-order valence-corrected chi connectivity index (χ3v) is 3.29. The lowest BCUT2D eigenvalue weighted by Gasteiger charge is -2.23. The highest BCUT2D eigenvalue weighted by atomic mass is 15.2. The second-order valence-corrected chi connectivity index (χ2v) is 4.78. The van der Waals surface area contributed by atoms with Gasteiger partial charge in [0.1, 0.15) is 5.82 Å². The fourth-order valence-electron chi connectivity index (χ4n) is 2.26. The van der Waals surface area contributed by atoms with Gasteiger partial charge in [0.15, 0.2) is 0 Å². The Morgan fingerprint density at radius 1 is 1.41 bits per heavy atom. The van der Waals surface area contributed by atoms with Crippen LogP contribution in [0.2, 0.25) is 0 Å². The maximum atomic E-state index is 4.65. The van der Waals surface area contributed by atoms with E-state index in [-0.39, 0.29) is 0 Å². The molecule has 3 heteroatoms. The summed E-state index contributed by atoms with van der Waals surface area (Å²) in [5.41, 5.74) is 2.58. The largest absolute Gasteiger partial charge is 0.354 e. The molecular formula is C14H23N3. The first-order chi connectivity index (χ1) is 8.26. The Morgan fingerprint density at radius 3 is 2.71 bits per heavy atom. The molecular weight excluding hydrogens is 210 g/mol. The van der Waals surface area contributed by atoms with E-state index in [9.17, 15) is 0 Å². The molecule has 1 aromatic rings. The molecule has 0 bridgehead atoms. The third-order valence-electron chi connectivity index (χ3n) is 3.29. The van der Waals surface area contributed by atoms with Crippen LogP contribution in [0.25, 0.3) is 0 Å². The van der Waals surface area contributed by atoms with Crippen molar-refractivity contribution in [3.8, 4) is 0 Å². The van der Waals surface area contributed by atoms with Gasteiger partial charge in [-0.25, -0.2) is 4.98 Å². The second kappa shape index (κ2) is 5.50. The number of nitrogens with one attached hydrogen (secondary N) is 1. The van der Waals surface area contributed by atoms with E-state index in [0.717, 1.165) is 25.7 Å². The fourth-order valence-corrected chi connectivity index (χ4v) is 2.26. The summed E-state index contributed by atoms with van der Waals surface area (Å²) in [5, 5.41) is 3.34. The maximum Gasteiger partial charge on any atom is 0.131 e. The fraction of sp³-hybridized carbons (Fsp3) is 0.643. The molecule has 1 aliphatic carbocycles. The van der Waals surface area contributed by atoms with Gasteiger partial charge >= 0.3 is 0 Å². The molecule has 1 heterocycles. The number of aryl methyl sites for hydroxylation is 1. The summed E-state index contributed by atoms with van der Waals surface area (Å²) in [4.78, 5) is 7.09. The van der Waals surface area contributed by atoms with Crippen LogP contribution >= 0.6 is 0 Å². The molecule has 0 unspecified atom stereocenters. The second-order valence-electron chi connectivity index (χ2n) is 4.78. The minimum atomic E-state index is 0.741. The van der Waals surface area contributed by atoms with Crippen LogP contribution in [-0.2, 0) is 6.54 Å². The summed E-state index contributed by atoms with van der Waals surface area (Å²) in [6.45, 7) is 9.49. The van der Waals surface area contributed by atoms with Crippen molar-refractivity contribution in [1.29, 1.82) is 0 Å². The number of aromatic nitrogens is 1. The molecule has 0 saturated heterocycles. The lowest BCUT2D eigenvalue weighted by Crippen LogP contribution is -2.27. The number of hydrogen-bond donors (Lipinski definition) is 1. The van der Waals surface area contributed by atoms with Gasteiger partial charge in [0, 0.05) is 25.3 Å². The SMILES string of the molecule is CCNCc1cnc(N(CC)C2CC2)c(C)c1. The quantitative estimate of drug-likeness (QED) is 0.818. The lowest BCUT2D eigenvalue weighted by atomic mass is 10.2. The van der Waals surface area contributed by atoms with Gasteiger partial charge < -0.3 is 10.2 Å². The van der Waals surface area contributed by atoms with Gasteiger partial charge in [-0.05, 0) is 50.4 Å². The van der Waals surface area contributed by atoms with Crippen LogP contribution in [0.15, 0.2) is 12.3 Å². The summed E-state index contributed by atoms with van der Waals surface area (Å²) in [7, 11) is 0. The van der Waals surface area contributed by atoms with Crippen LogP contribution in [0.5, 0.6) is 0 Å². The first kappa shape index (κ1) is 12.4. The minimum absolute atomic E-state index is 0.741. The first-order valence-electron chi connectivity index (χ1n) is 6.69. The molecule has 0 radical (unpaired) electrons. The molecule has 0 atom stereocenters. The van der Waals surface area contributed by atoms with Gasteiger partial charge in [0.05, 0.1) is 0 Å². The van der Waals surface area contributed by atoms with Crippen molar-refractivity contribution in [2.24, 2.45) is 0 Å². The maximum absolute atomic E-state index is 4.65. The molecule has 0 amide bonds. The monoisotopic (exact) mass is 233 g/mol. The molecule has 1 saturated carbocycles. The molecule has 17 heavy (non-hydrogen) atoms. The molecule has 3 nitrogen and oxygen atoms in total. The smallest absolute Gasteiger partial charge is 0.131 e. The zero-order valence-electron chi connectivity index (χ0n) is 11.2. The Hall–Kier alpha value is -1.09. The molecule has 1 fully saturated rings. The Balaban J connectivity index is 2.12. The van der Waals surface area contributed by atoms with Crippen LogP contribution in [0, 0.1) is 6.92 Å². The highest BCUT2D eigenvalue weighted by molar-refractivity contribution is 5.49. The minimum Gasteiger partial charge on any atom is -0.354 e. The number of hydrogen-bond acceptors (Lipinski definition) is 3. The normalized spacial score (nSPS) is 15.0. The predicted molar refractivity (Wildman–Crippen MR) is 72.4 cm³/mol. The van der Waals surface area contributed by atoms with Crippen molar-refractivity contribution in [3.63, 3.8) is 0 Å². The highest BCUT2D eigenvalue weighted by Gasteiger charge is 2.29. The lowest BCUT2D eigenvalue weighted by molar-refractivity contribution is 0.721. The molecule has 2 rings (SSSR count).